The smallest absolute Gasteiger partial charge is 0.302 e. The first kappa shape index (κ1) is 23.3. The fraction of sp³-hybridized carbons (Fsp3) is 0.920. The number of hydrogen-bond acceptors (Lipinski definition) is 9. The van der Waals surface area contributed by atoms with Crippen molar-refractivity contribution in [3.63, 3.8) is 0 Å². The lowest BCUT2D eigenvalue weighted by molar-refractivity contribution is -0.293. The van der Waals surface area contributed by atoms with E-state index in [2.05, 4.69) is 0 Å². The summed E-state index contributed by atoms with van der Waals surface area (Å²) in [5.41, 5.74) is -4.35. The van der Waals surface area contributed by atoms with Crippen molar-refractivity contribution in [2.24, 2.45) is 39.5 Å². The first-order valence-corrected chi connectivity index (χ1v) is 12.4. The van der Waals surface area contributed by atoms with E-state index < -0.39 is 34.2 Å². The molecule has 190 valence electrons. The van der Waals surface area contributed by atoms with Gasteiger partial charge in [0.05, 0.1) is 30.5 Å². The van der Waals surface area contributed by atoms with Gasteiger partial charge in [-0.1, -0.05) is 0 Å². The number of methoxy groups -OCH3 is 4. The predicted octanol–water partition coefficient (Wildman–Crippen LogP) is 0.591. The van der Waals surface area contributed by atoms with Crippen LogP contribution in [-0.2, 0) is 28.5 Å². The van der Waals surface area contributed by atoms with Gasteiger partial charge < -0.3 is 33.9 Å². The molecule has 0 saturated heterocycles. The van der Waals surface area contributed by atoms with Crippen molar-refractivity contribution < 1.29 is 38.7 Å². The van der Waals surface area contributed by atoms with Crippen molar-refractivity contribution in [2.75, 3.05) is 35.0 Å². The summed E-state index contributed by atoms with van der Waals surface area (Å²) in [6.07, 6.45) is 3.06. The highest BCUT2D eigenvalue weighted by Gasteiger charge is 2.90. The number of carbonyl (C=O) groups excluding carboxylic acids is 1. The highest BCUT2D eigenvalue weighted by atomic mass is 16.5. The Hall–Kier alpha value is -1.10. The molecule has 0 aromatic rings. The maximum atomic E-state index is 12.8. The molecule has 5 fully saturated rings. The topological polar surface area (TPSA) is 116 Å². The molecule has 7 bridgehead atoms. The zero-order valence-corrected chi connectivity index (χ0v) is 20.6. The van der Waals surface area contributed by atoms with Crippen LogP contribution in [0.5, 0.6) is 0 Å². The van der Waals surface area contributed by atoms with E-state index >= 15 is 0 Å². The molecule has 6 rings (SSSR count). The minimum atomic E-state index is -1.66. The number of fused-ring (bicyclic) bond motifs is 2. The van der Waals surface area contributed by atoms with Crippen LogP contribution in [0.15, 0.2) is 4.99 Å². The highest BCUT2D eigenvalue weighted by Crippen LogP contribution is 2.79. The summed E-state index contributed by atoms with van der Waals surface area (Å²) in [4.78, 5) is 16.9. The van der Waals surface area contributed by atoms with Crippen LogP contribution < -0.4 is 0 Å². The SMILES string of the molecule is CO[C@H]1[C@@H]2C[C@@H]3[C@H]1[C@](O)(C[C@@H]2OC)[C@@]1(O)C2N=C[C@]4(COC(C)=O)CC[C@H](OC)[C@@]23[C@@H]4[C@@H]1OC. The van der Waals surface area contributed by atoms with Gasteiger partial charge in [-0.3, -0.25) is 9.79 Å². The Morgan fingerprint density at radius 1 is 1.12 bits per heavy atom. The Morgan fingerprint density at radius 2 is 1.88 bits per heavy atom. The van der Waals surface area contributed by atoms with Crippen LogP contribution in [0.2, 0.25) is 0 Å². The number of carbonyl (C=O) groups is 1. The minimum absolute atomic E-state index is 0.0116. The Morgan fingerprint density at radius 3 is 2.50 bits per heavy atom. The largest absolute Gasteiger partial charge is 0.465 e. The van der Waals surface area contributed by atoms with Crippen molar-refractivity contribution >= 4 is 12.2 Å². The molecular weight excluding hydrogens is 442 g/mol. The molecule has 0 aromatic heterocycles. The van der Waals surface area contributed by atoms with Crippen LogP contribution in [0, 0.1) is 34.5 Å². The lowest BCUT2D eigenvalue weighted by Gasteiger charge is -2.65. The standard InChI is InChI=1S/C25H37NO8/c1-12(27)34-11-22-7-6-16(31-3)24-14-8-13-15(30-2)9-23(28,17(14)18(13)32-4)25(29,21(24)26-10-22)20(33-5)19(22)24/h10,13-21,28-29H,6-9,11H2,1-5H3/t13-,14-,15+,16+,17-,18+,19-,20+,21?,22+,23-,24+,25+/m1/s1. The Balaban J connectivity index is 1.62. The van der Waals surface area contributed by atoms with Crippen LogP contribution in [-0.4, -0.2) is 99.1 Å². The third kappa shape index (κ3) is 2.25. The fourth-order valence-electron chi connectivity index (χ4n) is 10.2. The van der Waals surface area contributed by atoms with Gasteiger partial charge in [0.1, 0.15) is 17.8 Å². The first-order chi connectivity index (χ1) is 16.2. The second kappa shape index (κ2) is 7.23. The van der Waals surface area contributed by atoms with E-state index in [9.17, 15) is 15.0 Å². The third-order valence-corrected chi connectivity index (χ3v) is 11.0. The normalized spacial score (nSPS) is 58.1. The number of rotatable bonds is 6. The van der Waals surface area contributed by atoms with Gasteiger partial charge in [0.15, 0.2) is 0 Å². The molecule has 5 aliphatic carbocycles. The number of aliphatic hydroxyl groups is 2. The Bertz CT molecular complexity index is 913. The fourth-order valence-corrected chi connectivity index (χ4v) is 10.2. The van der Waals surface area contributed by atoms with Gasteiger partial charge in [-0.2, -0.15) is 0 Å². The molecule has 1 spiro atoms. The van der Waals surface area contributed by atoms with Crippen molar-refractivity contribution in [1.82, 2.24) is 0 Å². The number of aliphatic imine (C=N–C) groups is 1. The molecule has 0 aromatic carbocycles. The van der Waals surface area contributed by atoms with Crippen molar-refractivity contribution in [3.05, 3.63) is 0 Å². The van der Waals surface area contributed by atoms with Crippen LogP contribution >= 0.6 is 0 Å². The monoisotopic (exact) mass is 479 g/mol. The maximum absolute atomic E-state index is 12.8. The van der Waals surface area contributed by atoms with E-state index in [0.717, 1.165) is 12.8 Å². The molecule has 0 amide bonds. The molecular formula is C25H37NO8. The Kier molecular flexibility index (Phi) is 4.96. The average Bonchev–Trinajstić information content (AvgIpc) is 3.22. The molecule has 6 aliphatic rings. The number of hydrogen-bond donors (Lipinski definition) is 2. The van der Waals surface area contributed by atoms with E-state index in [4.69, 9.17) is 28.7 Å². The molecule has 2 N–H and O–H groups in total. The van der Waals surface area contributed by atoms with Crippen molar-refractivity contribution in [3.8, 4) is 0 Å². The maximum Gasteiger partial charge on any atom is 0.302 e. The van der Waals surface area contributed by atoms with Gasteiger partial charge in [0.2, 0.25) is 0 Å². The highest BCUT2D eigenvalue weighted by molar-refractivity contribution is 5.73. The van der Waals surface area contributed by atoms with Gasteiger partial charge in [0.25, 0.3) is 0 Å². The van der Waals surface area contributed by atoms with Gasteiger partial charge in [-0.25, -0.2) is 0 Å². The third-order valence-electron chi connectivity index (χ3n) is 11.0. The van der Waals surface area contributed by atoms with Crippen LogP contribution in [0.3, 0.4) is 0 Å². The van der Waals surface area contributed by atoms with Crippen LogP contribution in [0.25, 0.3) is 0 Å². The number of esters is 1. The molecule has 9 nitrogen and oxygen atoms in total. The van der Waals surface area contributed by atoms with Gasteiger partial charge >= 0.3 is 5.97 Å². The molecule has 34 heavy (non-hydrogen) atoms. The summed E-state index contributed by atoms with van der Waals surface area (Å²) in [6, 6.07) is -0.594. The summed E-state index contributed by atoms with van der Waals surface area (Å²) >= 11 is 0. The predicted molar refractivity (Wildman–Crippen MR) is 119 cm³/mol. The second-order valence-electron chi connectivity index (χ2n) is 11.6. The minimum Gasteiger partial charge on any atom is -0.465 e. The number of ether oxygens (including phenoxy) is 5. The molecule has 1 heterocycles. The Labute approximate surface area is 200 Å². The lowest BCUT2D eigenvalue weighted by Crippen LogP contribution is -2.77. The first-order valence-electron chi connectivity index (χ1n) is 12.4. The molecule has 0 radical (unpaired) electrons. The van der Waals surface area contributed by atoms with E-state index in [1.54, 1.807) is 28.4 Å². The molecule has 9 heteroatoms. The summed E-state index contributed by atoms with van der Waals surface area (Å²) in [7, 11) is 6.67. The molecule has 5 saturated carbocycles. The summed E-state index contributed by atoms with van der Waals surface area (Å²) < 4.78 is 29.9. The van der Waals surface area contributed by atoms with Gasteiger partial charge in [0, 0.05) is 76.6 Å². The van der Waals surface area contributed by atoms with E-state index in [1.807, 2.05) is 6.21 Å². The molecule has 13 atom stereocenters. The van der Waals surface area contributed by atoms with Crippen molar-refractivity contribution in [2.45, 2.75) is 74.3 Å². The summed E-state index contributed by atoms with van der Waals surface area (Å²) in [5, 5.41) is 25.3. The van der Waals surface area contributed by atoms with Gasteiger partial charge in [-0.15, -0.1) is 0 Å². The molecule has 1 aliphatic heterocycles. The zero-order chi connectivity index (χ0) is 24.3. The summed E-state index contributed by atoms with van der Waals surface area (Å²) in [5.74, 6) is -0.779. The van der Waals surface area contributed by atoms with Crippen molar-refractivity contribution in [1.29, 1.82) is 0 Å². The van der Waals surface area contributed by atoms with Gasteiger partial charge in [-0.05, 0) is 25.2 Å². The van der Waals surface area contributed by atoms with Crippen LogP contribution in [0.1, 0.15) is 32.6 Å². The van der Waals surface area contributed by atoms with Crippen LogP contribution in [0.4, 0.5) is 0 Å². The molecule has 1 unspecified atom stereocenters. The van der Waals surface area contributed by atoms with E-state index in [-0.39, 0.29) is 54.6 Å². The number of nitrogens with zero attached hydrogens (tertiary/aromatic N) is 1. The quantitative estimate of drug-likeness (QED) is 0.532. The second-order valence-corrected chi connectivity index (χ2v) is 11.6. The van der Waals surface area contributed by atoms with E-state index in [0.29, 0.717) is 12.8 Å². The average molecular weight is 480 g/mol. The lowest BCUT2D eigenvalue weighted by atomic mass is 9.44. The zero-order valence-electron chi connectivity index (χ0n) is 20.6. The van der Waals surface area contributed by atoms with E-state index in [1.165, 1.54) is 6.92 Å². The summed E-state index contributed by atoms with van der Waals surface area (Å²) in [6.45, 7) is 1.58.